The van der Waals surface area contributed by atoms with E-state index in [0.29, 0.717) is 22.8 Å². The van der Waals surface area contributed by atoms with Gasteiger partial charge >= 0.3 is 0 Å². The molecule has 4 nitrogen and oxygen atoms in total. The number of hydrogen-bond acceptors (Lipinski definition) is 3. The van der Waals surface area contributed by atoms with Crippen LogP contribution >= 0.6 is 11.6 Å². The molecule has 1 saturated carbocycles. The van der Waals surface area contributed by atoms with Crippen LogP contribution in [0.3, 0.4) is 0 Å². The molecule has 1 aromatic heterocycles. The van der Waals surface area contributed by atoms with Crippen molar-refractivity contribution in [1.82, 2.24) is 5.32 Å². The predicted octanol–water partition coefficient (Wildman–Crippen LogP) is 3.03. The Balaban J connectivity index is 1.68. The summed E-state index contributed by atoms with van der Waals surface area (Å²) in [4.78, 5) is 12.2. The molecule has 1 aromatic carbocycles. The van der Waals surface area contributed by atoms with Gasteiger partial charge in [-0.25, -0.2) is 4.39 Å². The molecule has 2 N–H and O–H groups in total. The maximum Gasteiger partial charge on any atom is 0.224 e. The van der Waals surface area contributed by atoms with Gasteiger partial charge in [0.2, 0.25) is 5.91 Å². The first kappa shape index (κ1) is 15.1. The fraction of sp³-hybridized carbons (Fsp3) is 0.312. The van der Waals surface area contributed by atoms with Crippen molar-refractivity contribution in [3.05, 3.63) is 58.8 Å². The summed E-state index contributed by atoms with van der Waals surface area (Å²) in [6.45, 7) is -0.267. The Bertz CT molecular complexity index is 654. The van der Waals surface area contributed by atoms with Crippen LogP contribution in [0.15, 0.2) is 41.0 Å². The van der Waals surface area contributed by atoms with Gasteiger partial charge in [0.25, 0.3) is 0 Å². The normalized spacial score (nSPS) is 21.4. The average molecular weight is 324 g/mol. The van der Waals surface area contributed by atoms with Gasteiger partial charge in [0.15, 0.2) is 0 Å². The molecule has 0 bridgehead atoms. The lowest BCUT2D eigenvalue weighted by Gasteiger charge is -2.14. The van der Waals surface area contributed by atoms with E-state index in [0.717, 1.165) is 0 Å². The second-order valence-corrected chi connectivity index (χ2v) is 5.75. The molecule has 1 aliphatic carbocycles. The summed E-state index contributed by atoms with van der Waals surface area (Å²) in [6, 6.07) is 7.26. The highest BCUT2D eigenvalue weighted by Crippen LogP contribution is 2.50. The SMILES string of the molecule is O=C(NC(CO)c1ccco1)C1CC1c1c(F)cccc1Cl. The first-order valence-corrected chi connectivity index (χ1v) is 7.38. The van der Waals surface area contributed by atoms with Gasteiger partial charge in [0, 0.05) is 22.4 Å². The molecule has 3 unspecified atom stereocenters. The highest BCUT2D eigenvalue weighted by Gasteiger charge is 2.46. The van der Waals surface area contributed by atoms with Crippen molar-refractivity contribution < 1.29 is 18.7 Å². The lowest BCUT2D eigenvalue weighted by Crippen LogP contribution is -2.32. The summed E-state index contributed by atoms with van der Waals surface area (Å²) in [6.07, 6.45) is 2.02. The number of aliphatic hydroxyl groups is 1. The van der Waals surface area contributed by atoms with Crippen molar-refractivity contribution in [3.8, 4) is 0 Å². The quantitative estimate of drug-likeness (QED) is 0.889. The maximum absolute atomic E-state index is 13.9. The second-order valence-electron chi connectivity index (χ2n) is 5.34. The summed E-state index contributed by atoms with van der Waals surface area (Å²) in [5.41, 5.74) is 0.392. The Hall–Kier alpha value is -1.85. The molecule has 1 amide bonds. The minimum absolute atomic E-state index is 0.218. The van der Waals surface area contributed by atoms with Gasteiger partial charge in [0.1, 0.15) is 17.6 Å². The molecular weight excluding hydrogens is 309 g/mol. The number of carbonyl (C=O) groups is 1. The van der Waals surface area contributed by atoms with Gasteiger partial charge in [0.05, 0.1) is 12.9 Å². The Kier molecular flexibility index (Phi) is 4.18. The molecule has 0 aliphatic heterocycles. The number of aliphatic hydroxyl groups excluding tert-OH is 1. The van der Waals surface area contributed by atoms with Crippen LogP contribution in [-0.2, 0) is 4.79 Å². The number of nitrogens with one attached hydrogen (secondary N) is 1. The number of furan rings is 1. The fourth-order valence-electron chi connectivity index (χ4n) is 2.64. The first-order chi connectivity index (χ1) is 10.6. The van der Waals surface area contributed by atoms with Gasteiger partial charge < -0.3 is 14.8 Å². The Morgan fingerprint density at radius 1 is 1.45 bits per heavy atom. The average Bonchev–Trinajstić information content (AvgIpc) is 3.08. The molecule has 1 aliphatic rings. The van der Waals surface area contributed by atoms with Crippen LogP contribution in [0, 0.1) is 11.7 Å². The third kappa shape index (κ3) is 2.87. The Morgan fingerprint density at radius 3 is 2.91 bits per heavy atom. The van der Waals surface area contributed by atoms with Crippen molar-refractivity contribution in [3.63, 3.8) is 0 Å². The number of halogens is 2. The summed E-state index contributed by atoms with van der Waals surface area (Å²) < 4.78 is 19.0. The van der Waals surface area contributed by atoms with Gasteiger partial charge in [-0.3, -0.25) is 4.79 Å². The third-order valence-corrected chi connectivity index (χ3v) is 4.21. The molecular formula is C16H15ClFNO3. The highest BCUT2D eigenvalue weighted by atomic mass is 35.5. The highest BCUT2D eigenvalue weighted by molar-refractivity contribution is 6.31. The van der Waals surface area contributed by atoms with E-state index in [1.54, 1.807) is 18.2 Å². The molecule has 116 valence electrons. The van der Waals surface area contributed by atoms with Crippen LogP contribution in [-0.4, -0.2) is 17.6 Å². The minimum Gasteiger partial charge on any atom is -0.467 e. The Morgan fingerprint density at radius 2 is 2.27 bits per heavy atom. The third-order valence-electron chi connectivity index (χ3n) is 3.88. The largest absolute Gasteiger partial charge is 0.467 e. The van der Waals surface area contributed by atoms with Crippen LogP contribution in [0.2, 0.25) is 5.02 Å². The molecule has 1 fully saturated rings. The van der Waals surface area contributed by atoms with Crippen molar-refractivity contribution in [2.75, 3.05) is 6.61 Å². The zero-order chi connectivity index (χ0) is 15.7. The number of amides is 1. The van der Waals surface area contributed by atoms with Crippen LogP contribution in [0.25, 0.3) is 0 Å². The zero-order valence-corrected chi connectivity index (χ0v) is 12.4. The van der Waals surface area contributed by atoms with Crippen molar-refractivity contribution in [2.24, 2.45) is 5.92 Å². The van der Waals surface area contributed by atoms with E-state index in [1.807, 2.05) is 0 Å². The molecule has 0 saturated heterocycles. The van der Waals surface area contributed by atoms with Crippen molar-refractivity contribution in [2.45, 2.75) is 18.4 Å². The van der Waals surface area contributed by atoms with E-state index in [9.17, 15) is 14.3 Å². The lowest BCUT2D eigenvalue weighted by molar-refractivity contribution is -0.123. The Labute approximate surface area is 131 Å². The fourth-order valence-corrected chi connectivity index (χ4v) is 2.95. The van der Waals surface area contributed by atoms with E-state index in [1.165, 1.54) is 18.4 Å². The van der Waals surface area contributed by atoms with Crippen LogP contribution in [0.5, 0.6) is 0 Å². The topological polar surface area (TPSA) is 62.5 Å². The number of carbonyl (C=O) groups excluding carboxylic acids is 1. The van der Waals surface area contributed by atoms with Crippen LogP contribution < -0.4 is 5.32 Å². The van der Waals surface area contributed by atoms with E-state index in [2.05, 4.69) is 5.32 Å². The van der Waals surface area contributed by atoms with E-state index in [4.69, 9.17) is 16.0 Å². The molecule has 0 spiro atoms. The summed E-state index contributed by atoms with van der Waals surface area (Å²) in [5, 5.41) is 12.4. The van der Waals surface area contributed by atoms with E-state index < -0.39 is 11.9 Å². The molecule has 1 heterocycles. The van der Waals surface area contributed by atoms with E-state index in [-0.39, 0.29) is 24.3 Å². The molecule has 3 atom stereocenters. The van der Waals surface area contributed by atoms with Gasteiger partial charge in [-0.2, -0.15) is 0 Å². The summed E-state index contributed by atoms with van der Waals surface area (Å²) >= 11 is 6.02. The van der Waals surface area contributed by atoms with Crippen molar-refractivity contribution in [1.29, 1.82) is 0 Å². The second kappa shape index (κ2) is 6.10. The van der Waals surface area contributed by atoms with E-state index >= 15 is 0 Å². The standard InChI is InChI=1S/C16H15ClFNO3/c17-11-3-1-4-12(18)15(11)9-7-10(9)16(21)19-13(8-20)14-5-2-6-22-14/h1-6,9-10,13,20H,7-8H2,(H,19,21). The monoisotopic (exact) mass is 323 g/mol. The predicted molar refractivity (Wildman–Crippen MR) is 78.9 cm³/mol. The number of benzene rings is 1. The van der Waals surface area contributed by atoms with Gasteiger partial charge in [-0.05, 0) is 30.7 Å². The minimum atomic E-state index is -0.597. The molecule has 0 radical (unpaired) electrons. The molecule has 2 aromatic rings. The lowest BCUT2D eigenvalue weighted by atomic mass is 10.1. The van der Waals surface area contributed by atoms with Crippen molar-refractivity contribution >= 4 is 17.5 Å². The van der Waals surface area contributed by atoms with Crippen LogP contribution in [0.1, 0.15) is 29.7 Å². The molecule has 3 rings (SSSR count). The maximum atomic E-state index is 13.9. The zero-order valence-electron chi connectivity index (χ0n) is 11.6. The summed E-state index contributed by atoms with van der Waals surface area (Å²) in [5.74, 6) is -0.697. The van der Waals surface area contributed by atoms with Gasteiger partial charge in [-0.15, -0.1) is 0 Å². The number of hydrogen-bond donors (Lipinski definition) is 2. The molecule has 6 heteroatoms. The summed E-state index contributed by atoms with van der Waals surface area (Å²) in [7, 11) is 0. The first-order valence-electron chi connectivity index (χ1n) is 7.00. The molecule has 22 heavy (non-hydrogen) atoms. The van der Waals surface area contributed by atoms with Crippen LogP contribution in [0.4, 0.5) is 4.39 Å². The van der Waals surface area contributed by atoms with Gasteiger partial charge in [-0.1, -0.05) is 17.7 Å². The number of rotatable bonds is 5. The smallest absolute Gasteiger partial charge is 0.224 e.